The van der Waals surface area contributed by atoms with E-state index >= 15 is 0 Å². The molecule has 0 unspecified atom stereocenters. The number of nitrogens with one attached hydrogen (secondary N) is 1. The van der Waals surface area contributed by atoms with Crippen LogP contribution in [0.1, 0.15) is 37.8 Å². The molecule has 2 rings (SSSR count). The minimum atomic E-state index is 0.125. The molecule has 128 valence electrons. The summed E-state index contributed by atoms with van der Waals surface area (Å²) in [6, 6.07) is 18.3. The molecule has 2 aromatic rings. The topological polar surface area (TPSA) is 38.3 Å². The van der Waals surface area contributed by atoms with Gasteiger partial charge in [0.1, 0.15) is 5.75 Å². The summed E-state index contributed by atoms with van der Waals surface area (Å²) in [6.45, 7) is 4.76. The molecule has 3 heteroatoms. The number of amides is 1. The summed E-state index contributed by atoms with van der Waals surface area (Å²) in [6.07, 6.45) is 3.44. The van der Waals surface area contributed by atoms with Gasteiger partial charge in [-0.25, -0.2) is 0 Å². The van der Waals surface area contributed by atoms with Crippen LogP contribution in [0.4, 0.5) is 0 Å². The van der Waals surface area contributed by atoms with Crippen LogP contribution < -0.4 is 10.1 Å². The first-order chi connectivity index (χ1) is 11.6. The first-order valence-electron chi connectivity index (χ1n) is 8.69. The van der Waals surface area contributed by atoms with Gasteiger partial charge in [0.05, 0.1) is 6.10 Å². The summed E-state index contributed by atoms with van der Waals surface area (Å²) in [7, 11) is 0. The van der Waals surface area contributed by atoms with Gasteiger partial charge in [0.25, 0.3) is 0 Å². The Morgan fingerprint density at radius 1 is 0.958 bits per heavy atom. The van der Waals surface area contributed by atoms with Gasteiger partial charge in [-0.3, -0.25) is 4.79 Å². The average Bonchev–Trinajstić information content (AvgIpc) is 2.59. The second kappa shape index (κ2) is 9.76. The predicted octanol–water partition coefficient (Wildman–Crippen LogP) is 4.16. The summed E-state index contributed by atoms with van der Waals surface area (Å²) >= 11 is 0. The van der Waals surface area contributed by atoms with Crippen molar-refractivity contribution in [2.24, 2.45) is 0 Å². The fraction of sp³-hybridized carbons (Fsp3) is 0.381. The van der Waals surface area contributed by atoms with Crippen LogP contribution in [0.2, 0.25) is 0 Å². The smallest absolute Gasteiger partial charge is 0.220 e. The molecular weight excluding hydrogens is 298 g/mol. The summed E-state index contributed by atoms with van der Waals surface area (Å²) in [5.74, 6) is 1.03. The Balaban J connectivity index is 1.61. The quantitative estimate of drug-likeness (QED) is 0.703. The molecule has 0 fully saturated rings. The van der Waals surface area contributed by atoms with Gasteiger partial charge in [-0.05, 0) is 56.4 Å². The number of carbonyl (C=O) groups is 1. The number of hydrogen-bond acceptors (Lipinski definition) is 2. The van der Waals surface area contributed by atoms with Crippen molar-refractivity contribution in [3.63, 3.8) is 0 Å². The van der Waals surface area contributed by atoms with E-state index < -0.39 is 0 Å². The van der Waals surface area contributed by atoms with Crippen molar-refractivity contribution in [2.75, 3.05) is 6.54 Å². The summed E-state index contributed by atoms with van der Waals surface area (Å²) in [4.78, 5) is 11.8. The molecule has 0 radical (unpaired) electrons. The van der Waals surface area contributed by atoms with E-state index in [0.717, 1.165) is 31.6 Å². The van der Waals surface area contributed by atoms with Crippen LogP contribution in [0.3, 0.4) is 0 Å². The lowest BCUT2D eigenvalue weighted by Crippen LogP contribution is -2.24. The van der Waals surface area contributed by atoms with E-state index in [-0.39, 0.29) is 12.0 Å². The third kappa shape index (κ3) is 6.86. The van der Waals surface area contributed by atoms with Crippen LogP contribution in [0.25, 0.3) is 0 Å². The first kappa shape index (κ1) is 18.1. The van der Waals surface area contributed by atoms with Crippen molar-refractivity contribution < 1.29 is 9.53 Å². The number of rotatable bonds is 9. The molecule has 0 bridgehead atoms. The molecule has 0 saturated heterocycles. The number of hydrogen-bond donors (Lipinski definition) is 1. The Labute approximate surface area is 145 Å². The van der Waals surface area contributed by atoms with Gasteiger partial charge < -0.3 is 10.1 Å². The van der Waals surface area contributed by atoms with Crippen molar-refractivity contribution >= 4 is 5.91 Å². The largest absolute Gasteiger partial charge is 0.491 e. The molecule has 3 nitrogen and oxygen atoms in total. The lowest BCUT2D eigenvalue weighted by Gasteiger charge is -2.10. The van der Waals surface area contributed by atoms with E-state index in [9.17, 15) is 4.79 Å². The van der Waals surface area contributed by atoms with Crippen LogP contribution >= 0.6 is 0 Å². The molecule has 1 N–H and O–H groups in total. The molecule has 1 amide bonds. The lowest BCUT2D eigenvalue weighted by atomic mass is 10.1. The highest BCUT2D eigenvalue weighted by Crippen LogP contribution is 2.14. The molecule has 0 aliphatic carbocycles. The Bertz CT molecular complexity index is 605. The van der Waals surface area contributed by atoms with Gasteiger partial charge in [0.2, 0.25) is 5.91 Å². The highest BCUT2D eigenvalue weighted by Gasteiger charge is 2.02. The molecule has 0 aliphatic rings. The highest BCUT2D eigenvalue weighted by molar-refractivity contribution is 5.76. The van der Waals surface area contributed by atoms with Gasteiger partial charge >= 0.3 is 0 Å². The minimum absolute atomic E-state index is 0.125. The number of carbonyl (C=O) groups excluding carboxylic acids is 1. The molecule has 0 saturated carbocycles. The molecular formula is C21H27NO2. The fourth-order valence-electron chi connectivity index (χ4n) is 2.52. The van der Waals surface area contributed by atoms with E-state index in [2.05, 4.69) is 29.6 Å². The number of ether oxygens (including phenoxy) is 1. The SMILES string of the molecule is CC(C)Oc1ccc(CCCNC(=O)CCc2ccccc2)cc1. The Morgan fingerprint density at radius 2 is 1.62 bits per heavy atom. The van der Waals surface area contributed by atoms with Crippen LogP contribution in [0.5, 0.6) is 5.75 Å². The average molecular weight is 325 g/mol. The molecule has 0 spiro atoms. The highest BCUT2D eigenvalue weighted by atomic mass is 16.5. The monoisotopic (exact) mass is 325 g/mol. The zero-order valence-electron chi connectivity index (χ0n) is 14.6. The van der Waals surface area contributed by atoms with Crippen LogP contribution in [-0.2, 0) is 17.6 Å². The van der Waals surface area contributed by atoms with Crippen molar-refractivity contribution in [3.05, 3.63) is 65.7 Å². The molecule has 24 heavy (non-hydrogen) atoms. The van der Waals surface area contributed by atoms with Gasteiger partial charge in [0.15, 0.2) is 0 Å². The molecule has 2 aromatic carbocycles. The normalized spacial score (nSPS) is 10.6. The van der Waals surface area contributed by atoms with Crippen LogP contribution in [0, 0.1) is 0 Å². The zero-order valence-corrected chi connectivity index (χ0v) is 14.6. The molecule has 0 aromatic heterocycles. The second-order valence-electron chi connectivity index (χ2n) is 6.25. The standard InChI is InChI=1S/C21H27NO2/c1-17(2)24-20-13-10-19(11-14-20)9-6-16-22-21(23)15-12-18-7-4-3-5-8-18/h3-5,7-8,10-11,13-14,17H,6,9,12,15-16H2,1-2H3,(H,22,23). The van der Waals surface area contributed by atoms with Gasteiger partial charge in [-0.15, -0.1) is 0 Å². The van der Waals surface area contributed by atoms with Crippen molar-refractivity contribution in [2.45, 2.75) is 45.6 Å². The second-order valence-corrected chi connectivity index (χ2v) is 6.25. The summed E-state index contributed by atoms with van der Waals surface area (Å²) in [5.41, 5.74) is 2.47. The van der Waals surface area contributed by atoms with Crippen molar-refractivity contribution in [1.82, 2.24) is 5.32 Å². The van der Waals surface area contributed by atoms with Crippen molar-refractivity contribution in [3.8, 4) is 5.75 Å². The fourth-order valence-corrected chi connectivity index (χ4v) is 2.52. The molecule has 0 aliphatic heterocycles. The number of aryl methyl sites for hydroxylation is 2. The third-order valence-corrected chi connectivity index (χ3v) is 3.74. The van der Waals surface area contributed by atoms with Crippen LogP contribution in [0.15, 0.2) is 54.6 Å². The maximum Gasteiger partial charge on any atom is 0.220 e. The van der Waals surface area contributed by atoms with Gasteiger partial charge in [0, 0.05) is 13.0 Å². The summed E-state index contributed by atoms with van der Waals surface area (Å²) in [5, 5.41) is 3.00. The number of benzene rings is 2. The zero-order chi connectivity index (χ0) is 17.2. The van der Waals surface area contributed by atoms with Gasteiger partial charge in [-0.2, -0.15) is 0 Å². The van der Waals surface area contributed by atoms with Crippen molar-refractivity contribution in [1.29, 1.82) is 0 Å². The maximum absolute atomic E-state index is 11.8. The Morgan fingerprint density at radius 3 is 2.29 bits per heavy atom. The Hall–Kier alpha value is -2.29. The van der Waals surface area contributed by atoms with E-state index in [0.29, 0.717) is 6.42 Å². The first-order valence-corrected chi connectivity index (χ1v) is 8.69. The van der Waals surface area contributed by atoms with Crippen LogP contribution in [-0.4, -0.2) is 18.6 Å². The maximum atomic E-state index is 11.8. The third-order valence-electron chi connectivity index (χ3n) is 3.74. The molecule has 0 heterocycles. The van der Waals surface area contributed by atoms with E-state index in [1.54, 1.807) is 0 Å². The van der Waals surface area contributed by atoms with Gasteiger partial charge in [-0.1, -0.05) is 42.5 Å². The summed E-state index contributed by atoms with van der Waals surface area (Å²) < 4.78 is 5.63. The van der Waals surface area contributed by atoms with E-state index in [1.165, 1.54) is 11.1 Å². The molecule has 0 atom stereocenters. The predicted molar refractivity (Wildman–Crippen MR) is 98.3 cm³/mol. The minimum Gasteiger partial charge on any atom is -0.491 e. The van der Waals surface area contributed by atoms with E-state index in [4.69, 9.17) is 4.74 Å². The lowest BCUT2D eigenvalue weighted by molar-refractivity contribution is -0.121. The van der Waals surface area contributed by atoms with E-state index in [1.807, 2.05) is 44.2 Å². The Kier molecular flexibility index (Phi) is 7.34.